The number of nitrogens with one attached hydrogen (secondary N) is 2. The molecule has 1 aliphatic heterocycles. The van der Waals surface area contributed by atoms with Gasteiger partial charge in [-0.25, -0.2) is 0 Å². The van der Waals surface area contributed by atoms with Crippen LogP contribution in [0.4, 0.5) is 0 Å². The van der Waals surface area contributed by atoms with E-state index in [1.165, 1.54) is 44.6 Å². The molecule has 0 fully saturated rings. The zero-order valence-electron chi connectivity index (χ0n) is 17.2. The average Bonchev–Trinajstić information content (AvgIpc) is 3.21. The average molecular weight is 534 g/mol. The predicted molar refractivity (Wildman–Crippen MR) is 137 cm³/mol. The van der Waals surface area contributed by atoms with E-state index in [0.717, 1.165) is 27.3 Å². The van der Waals surface area contributed by atoms with Crippen molar-refractivity contribution in [2.45, 2.75) is 19.8 Å². The molecule has 2 aromatic carbocycles. The fourth-order valence-corrected chi connectivity index (χ4v) is 6.09. The molecule has 2 nitrogen and oxygen atoms in total. The van der Waals surface area contributed by atoms with Crippen LogP contribution >= 0.6 is 31.9 Å². The first-order valence-corrected chi connectivity index (χ1v) is 12.4. The Morgan fingerprint density at radius 1 is 1.00 bits per heavy atom. The van der Waals surface area contributed by atoms with Crippen LogP contribution in [-0.2, 0) is 0 Å². The van der Waals surface area contributed by atoms with Gasteiger partial charge in [-0.3, -0.25) is 0 Å². The molecule has 2 unspecified atom stereocenters. The number of rotatable bonds is 2. The van der Waals surface area contributed by atoms with Gasteiger partial charge in [-0.05, 0) is 59.9 Å². The van der Waals surface area contributed by atoms with Crippen LogP contribution in [0.5, 0.6) is 0 Å². The first-order chi connectivity index (χ1) is 15.1. The molecule has 6 rings (SSSR count). The summed E-state index contributed by atoms with van der Waals surface area (Å²) in [6.07, 6.45) is 13.6. The molecule has 154 valence electrons. The van der Waals surface area contributed by atoms with Crippen molar-refractivity contribution in [3.8, 4) is 0 Å². The molecule has 0 saturated carbocycles. The summed E-state index contributed by atoms with van der Waals surface area (Å²) >= 11 is 7.36. The van der Waals surface area contributed by atoms with Gasteiger partial charge in [0.2, 0.25) is 0 Å². The topological polar surface area (TPSA) is 27.8 Å². The minimum Gasteiger partial charge on any atom is -0.360 e. The Hall–Kier alpha value is -2.30. The summed E-state index contributed by atoms with van der Waals surface area (Å²) in [5.74, 6) is 0.858. The highest BCUT2D eigenvalue weighted by Crippen LogP contribution is 2.51. The van der Waals surface area contributed by atoms with Crippen molar-refractivity contribution < 1.29 is 0 Å². The van der Waals surface area contributed by atoms with Gasteiger partial charge in [0.05, 0.1) is 0 Å². The molecule has 0 bridgehead atoms. The maximum absolute atomic E-state index is 3.88. The summed E-state index contributed by atoms with van der Waals surface area (Å²) in [7, 11) is 0. The van der Waals surface area contributed by atoms with Crippen molar-refractivity contribution in [2.24, 2.45) is 11.8 Å². The number of benzene rings is 2. The second kappa shape index (κ2) is 7.39. The van der Waals surface area contributed by atoms with Crippen LogP contribution in [-0.4, -0.2) is 4.98 Å². The Kier molecular flexibility index (Phi) is 4.62. The van der Waals surface area contributed by atoms with E-state index in [1.807, 2.05) is 0 Å². The van der Waals surface area contributed by atoms with Crippen LogP contribution < -0.4 is 5.32 Å². The van der Waals surface area contributed by atoms with Crippen molar-refractivity contribution in [3.05, 3.63) is 98.1 Å². The van der Waals surface area contributed by atoms with Gasteiger partial charge in [0.15, 0.2) is 0 Å². The smallest absolute Gasteiger partial charge is 0.0468 e. The van der Waals surface area contributed by atoms with Gasteiger partial charge >= 0.3 is 0 Å². The first kappa shape index (κ1) is 19.4. The quantitative estimate of drug-likeness (QED) is 0.342. The fourth-order valence-electron chi connectivity index (χ4n) is 5.37. The van der Waals surface area contributed by atoms with Gasteiger partial charge in [-0.2, -0.15) is 0 Å². The second-order valence-corrected chi connectivity index (χ2v) is 10.3. The maximum Gasteiger partial charge on any atom is 0.0468 e. The molecule has 3 aliphatic rings. The highest BCUT2D eigenvalue weighted by molar-refractivity contribution is 9.10. The van der Waals surface area contributed by atoms with E-state index in [4.69, 9.17) is 0 Å². The lowest BCUT2D eigenvalue weighted by Crippen LogP contribution is -2.30. The Labute approximate surface area is 199 Å². The van der Waals surface area contributed by atoms with Gasteiger partial charge in [0, 0.05) is 60.4 Å². The summed E-state index contributed by atoms with van der Waals surface area (Å²) in [5.41, 5.74) is 10.5. The summed E-state index contributed by atoms with van der Waals surface area (Å²) in [5, 5.41) is 5.12. The molecule has 2 N–H and O–H groups in total. The van der Waals surface area contributed by atoms with Crippen LogP contribution in [0.1, 0.15) is 36.5 Å². The van der Waals surface area contributed by atoms with Crippen LogP contribution in [0.15, 0.2) is 81.4 Å². The summed E-state index contributed by atoms with van der Waals surface area (Å²) < 4.78 is 2.21. The highest BCUT2D eigenvalue weighted by Gasteiger charge is 2.37. The van der Waals surface area contributed by atoms with Gasteiger partial charge in [0.25, 0.3) is 0 Å². The lowest BCUT2D eigenvalue weighted by molar-refractivity contribution is 0.614. The van der Waals surface area contributed by atoms with Gasteiger partial charge in [0.1, 0.15) is 0 Å². The predicted octanol–water partition coefficient (Wildman–Crippen LogP) is 8.05. The van der Waals surface area contributed by atoms with Gasteiger partial charge in [-0.15, -0.1) is 0 Å². The van der Waals surface area contributed by atoms with E-state index < -0.39 is 0 Å². The van der Waals surface area contributed by atoms with E-state index in [-0.39, 0.29) is 0 Å². The molecule has 0 spiro atoms. The van der Waals surface area contributed by atoms with Crippen LogP contribution in [0.3, 0.4) is 0 Å². The zero-order valence-corrected chi connectivity index (χ0v) is 20.3. The minimum atomic E-state index is 0.412. The molecule has 0 amide bonds. The Balaban J connectivity index is 1.55. The highest BCUT2D eigenvalue weighted by atomic mass is 79.9. The maximum atomic E-state index is 3.88. The third kappa shape index (κ3) is 3.03. The van der Waals surface area contributed by atoms with Crippen LogP contribution in [0.25, 0.3) is 27.9 Å². The molecule has 2 aliphatic carbocycles. The number of aromatic amines is 1. The van der Waals surface area contributed by atoms with Crippen molar-refractivity contribution >= 4 is 59.7 Å². The molecule has 2 atom stereocenters. The molecule has 0 radical (unpaired) electrons. The number of dihydropyridines is 1. The molecule has 2 heterocycles. The lowest BCUT2D eigenvalue weighted by atomic mass is 9.68. The monoisotopic (exact) mass is 532 g/mol. The fraction of sp³-hybridized carbons (Fsp3) is 0.185. The molecular weight excluding hydrogens is 512 g/mol. The SMILES string of the molecule is CCC1C=C(c2c[nH]c3ccc(Br)cc23)NC2=C1C1CC=CC=C1c1ccc(Br)cc12. The van der Waals surface area contributed by atoms with Crippen LogP contribution in [0, 0.1) is 11.8 Å². The van der Waals surface area contributed by atoms with E-state index in [1.54, 1.807) is 0 Å². The normalized spacial score (nSPS) is 21.8. The lowest BCUT2D eigenvalue weighted by Gasteiger charge is -2.40. The molecule has 0 saturated heterocycles. The van der Waals surface area contributed by atoms with Gasteiger partial charge in [-0.1, -0.05) is 69.2 Å². The number of fused-ring (bicyclic) bond motifs is 6. The second-order valence-electron chi connectivity index (χ2n) is 8.47. The summed E-state index contributed by atoms with van der Waals surface area (Å²) in [4.78, 5) is 3.45. The van der Waals surface area contributed by atoms with E-state index in [9.17, 15) is 0 Å². The minimum absolute atomic E-state index is 0.412. The third-order valence-corrected chi connectivity index (χ3v) is 7.77. The molecule has 4 heteroatoms. The van der Waals surface area contributed by atoms with Crippen molar-refractivity contribution in [2.75, 3.05) is 0 Å². The Morgan fingerprint density at radius 3 is 2.71 bits per heavy atom. The molecule has 1 aromatic heterocycles. The number of allylic oxidation sites excluding steroid dienone is 6. The number of hydrogen-bond acceptors (Lipinski definition) is 1. The van der Waals surface area contributed by atoms with E-state index in [2.05, 4.69) is 116 Å². The zero-order chi connectivity index (χ0) is 21.1. The van der Waals surface area contributed by atoms with Crippen molar-refractivity contribution in [3.63, 3.8) is 0 Å². The number of H-pyrrole nitrogens is 1. The van der Waals surface area contributed by atoms with Crippen molar-refractivity contribution in [1.29, 1.82) is 0 Å². The van der Waals surface area contributed by atoms with E-state index in [0.29, 0.717) is 11.8 Å². The standard InChI is InChI=1S/C27H22Br2N2/c1-2-15-11-25(23-14-30-24-10-8-17(29)12-21(23)24)31-27-22-13-16(28)7-9-19(22)18-5-3-4-6-20(18)26(15)27/h3-5,7-15,20,30-31H,2,6H2,1H3. The Bertz CT molecular complexity index is 1350. The molecular formula is C27H22Br2N2. The number of hydrogen-bond donors (Lipinski definition) is 2. The summed E-state index contributed by atoms with van der Waals surface area (Å²) in [6.45, 7) is 2.30. The Morgan fingerprint density at radius 2 is 1.84 bits per heavy atom. The largest absolute Gasteiger partial charge is 0.360 e. The molecule has 31 heavy (non-hydrogen) atoms. The number of halogens is 2. The van der Waals surface area contributed by atoms with Gasteiger partial charge < -0.3 is 10.3 Å². The first-order valence-electron chi connectivity index (χ1n) is 10.8. The molecule has 3 aromatic rings. The van der Waals surface area contributed by atoms with E-state index >= 15 is 0 Å². The third-order valence-electron chi connectivity index (χ3n) is 6.79. The van der Waals surface area contributed by atoms with Crippen LogP contribution in [0.2, 0.25) is 0 Å². The van der Waals surface area contributed by atoms with Crippen molar-refractivity contribution in [1.82, 2.24) is 10.3 Å². The number of aromatic nitrogens is 1. The summed E-state index contributed by atoms with van der Waals surface area (Å²) in [6, 6.07) is 13.1.